The number of hydrogen-bond donors (Lipinski definition) is 1. The van der Waals surface area contributed by atoms with E-state index in [0.29, 0.717) is 23.3 Å². The van der Waals surface area contributed by atoms with Crippen LogP contribution >= 0.6 is 11.9 Å². The van der Waals surface area contributed by atoms with Crippen molar-refractivity contribution in [1.29, 1.82) is 5.26 Å². The lowest BCUT2D eigenvalue weighted by Crippen LogP contribution is -2.38. The fourth-order valence-electron chi connectivity index (χ4n) is 5.00. The van der Waals surface area contributed by atoms with E-state index in [1.165, 1.54) is 0 Å². The quantitative estimate of drug-likeness (QED) is 0.519. The number of nitrogens with one attached hydrogen (secondary N) is 1. The highest BCUT2D eigenvalue weighted by Crippen LogP contribution is 2.47. The monoisotopic (exact) mass is 490 g/mol. The van der Waals surface area contributed by atoms with Crippen LogP contribution in [0.1, 0.15) is 46.6 Å². The predicted octanol–water partition coefficient (Wildman–Crippen LogP) is 4.19. The van der Waals surface area contributed by atoms with Gasteiger partial charge in [0.05, 0.1) is 35.3 Å². The maximum atomic E-state index is 13.8. The van der Waals surface area contributed by atoms with Gasteiger partial charge in [-0.05, 0) is 55.9 Å². The SMILES string of the molecule is CN(C)Sc1cc2c(cc1OCCN1CCOCC1)C(C)(C)c1[nH]c3cc(C#N)ccc3c1C2=O. The van der Waals surface area contributed by atoms with Crippen LogP contribution in [0.5, 0.6) is 5.75 Å². The molecule has 5 rings (SSSR count). The maximum Gasteiger partial charge on any atom is 0.195 e. The first kappa shape index (κ1) is 23.9. The average molecular weight is 491 g/mol. The molecule has 0 atom stereocenters. The molecule has 8 heteroatoms. The van der Waals surface area contributed by atoms with Gasteiger partial charge in [-0.2, -0.15) is 5.26 Å². The normalized spacial score (nSPS) is 17.3. The number of hydrogen-bond acceptors (Lipinski definition) is 7. The lowest BCUT2D eigenvalue weighted by molar-refractivity contribution is 0.0321. The fourth-order valence-corrected chi connectivity index (χ4v) is 5.77. The minimum absolute atomic E-state index is 0.00533. The number of rotatable bonds is 6. The van der Waals surface area contributed by atoms with Crippen LogP contribution in [-0.2, 0) is 10.2 Å². The molecule has 3 aromatic rings. The van der Waals surface area contributed by atoms with Crippen LogP contribution in [0, 0.1) is 11.3 Å². The second-order valence-electron chi connectivity index (χ2n) is 9.75. The van der Waals surface area contributed by atoms with Gasteiger partial charge in [-0.1, -0.05) is 19.9 Å². The first-order valence-corrected chi connectivity index (χ1v) is 12.6. The van der Waals surface area contributed by atoms with Gasteiger partial charge in [-0.15, -0.1) is 0 Å². The smallest absolute Gasteiger partial charge is 0.195 e. The molecule has 0 saturated carbocycles. The molecular formula is C27H30N4O3S. The molecule has 1 N–H and O–H groups in total. The first-order valence-electron chi connectivity index (χ1n) is 11.9. The van der Waals surface area contributed by atoms with Gasteiger partial charge >= 0.3 is 0 Å². The van der Waals surface area contributed by atoms with Gasteiger partial charge in [0.25, 0.3) is 0 Å². The summed E-state index contributed by atoms with van der Waals surface area (Å²) in [6.07, 6.45) is 0. The van der Waals surface area contributed by atoms with Crippen molar-refractivity contribution in [2.45, 2.75) is 24.2 Å². The number of ketones is 1. The van der Waals surface area contributed by atoms with Crippen LogP contribution in [0.4, 0.5) is 0 Å². The van der Waals surface area contributed by atoms with Crippen LogP contribution in [0.25, 0.3) is 10.9 Å². The molecule has 0 amide bonds. The number of H-pyrrole nitrogens is 1. The second kappa shape index (κ2) is 9.32. The average Bonchev–Trinajstić information content (AvgIpc) is 3.23. The van der Waals surface area contributed by atoms with E-state index < -0.39 is 5.41 Å². The molecular weight excluding hydrogens is 460 g/mol. The van der Waals surface area contributed by atoms with Crippen LogP contribution in [-0.4, -0.2) is 73.5 Å². The number of nitrogens with zero attached hydrogens (tertiary/aromatic N) is 3. The minimum atomic E-state index is -0.436. The predicted molar refractivity (Wildman–Crippen MR) is 137 cm³/mol. The zero-order valence-electron chi connectivity index (χ0n) is 20.6. The molecule has 1 fully saturated rings. The number of aromatic nitrogens is 1. The highest BCUT2D eigenvalue weighted by Gasteiger charge is 2.40. The largest absolute Gasteiger partial charge is 0.491 e. The van der Waals surface area contributed by atoms with Crippen LogP contribution in [0.2, 0.25) is 0 Å². The van der Waals surface area contributed by atoms with Crippen molar-refractivity contribution in [3.05, 3.63) is 58.3 Å². The molecule has 0 unspecified atom stereocenters. The lowest BCUT2D eigenvalue weighted by atomic mass is 9.71. The Labute approximate surface area is 210 Å². The van der Waals surface area contributed by atoms with Crippen LogP contribution in [0.3, 0.4) is 0 Å². The summed E-state index contributed by atoms with van der Waals surface area (Å²) >= 11 is 1.56. The summed E-state index contributed by atoms with van der Waals surface area (Å²) in [4.78, 5) is 20.6. The van der Waals surface area contributed by atoms with Crippen molar-refractivity contribution in [3.8, 4) is 11.8 Å². The number of nitriles is 1. The van der Waals surface area contributed by atoms with E-state index in [9.17, 15) is 10.1 Å². The van der Waals surface area contributed by atoms with Gasteiger partial charge in [-0.25, -0.2) is 0 Å². The van der Waals surface area contributed by atoms with Crippen molar-refractivity contribution in [1.82, 2.24) is 14.2 Å². The van der Waals surface area contributed by atoms with Gasteiger partial charge in [0.2, 0.25) is 0 Å². The summed E-state index contributed by atoms with van der Waals surface area (Å²) in [5.41, 5.74) is 4.18. The molecule has 1 aliphatic heterocycles. The van der Waals surface area contributed by atoms with Gasteiger partial charge in [0.1, 0.15) is 12.4 Å². The topological polar surface area (TPSA) is 81.6 Å². The van der Waals surface area contributed by atoms with Gasteiger partial charge < -0.3 is 14.5 Å². The summed E-state index contributed by atoms with van der Waals surface area (Å²) in [5, 5.41) is 10.2. The van der Waals surface area contributed by atoms with E-state index in [4.69, 9.17) is 9.47 Å². The zero-order valence-corrected chi connectivity index (χ0v) is 21.4. The number of morpholine rings is 1. The molecule has 1 aliphatic carbocycles. The van der Waals surface area contributed by atoms with Crippen LogP contribution in [0.15, 0.2) is 35.2 Å². The van der Waals surface area contributed by atoms with Crippen molar-refractivity contribution in [3.63, 3.8) is 0 Å². The third-order valence-corrected chi connectivity index (χ3v) is 7.71. The molecule has 2 aromatic carbocycles. The van der Waals surface area contributed by atoms with E-state index >= 15 is 0 Å². The number of fused-ring (bicyclic) bond motifs is 4. The highest BCUT2D eigenvalue weighted by molar-refractivity contribution is 7.97. The number of benzene rings is 2. The minimum Gasteiger partial charge on any atom is -0.491 e. The molecule has 182 valence electrons. The van der Waals surface area contributed by atoms with E-state index in [-0.39, 0.29) is 5.78 Å². The summed E-state index contributed by atoms with van der Waals surface area (Å²) in [6.45, 7) is 9.04. The Bertz CT molecular complexity index is 1330. The maximum absolute atomic E-state index is 13.8. The number of carbonyl (C=O) groups is 1. The molecule has 2 aliphatic rings. The summed E-state index contributed by atoms with van der Waals surface area (Å²) in [5.74, 6) is 0.800. The van der Waals surface area contributed by atoms with E-state index in [1.807, 2.05) is 42.7 Å². The molecule has 2 heterocycles. The van der Waals surface area contributed by atoms with Crippen molar-refractivity contribution < 1.29 is 14.3 Å². The molecule has 0 spiro atoms. The number of ether oxygens (including phenoxy) is 2. The summed E-state index contributed by atoms with van der Waals surface area (Å²) < 4.78 is 13.8. The number of carbonyl (C=O) groups excluding carboxylic acids is 1. The van der Waals surface area contributed by atoms with Gasteiger partial charge in [-0.3, -0.25) is 14.0 Å². The highest BCUT2D eigenvalue weighted by atomic mass is 32.2. The van der Waals surface area contributed by atoms with Crippen LogP contribution < -0.4 is 4.74 Å². The van der Waals surface area contributed by atoms with Gasteiger partial charge in [0.15, 0.2) is 5.78 Å². The van der Waals surface area contributed by atoms with Crippen molar-refractivity contribution >= 4 is 28.6 Å². The molecule has 0 bridgehead atoms. The molecule has 7 nitrogen and oxygen atoms in total. The Kier molecular flexibility index (Phi) is 6.36. The number of aromatic amines is 1. The first-order chi connectivity index (χ1) is 16.8. The standard InChI is InChI=1S/C27H30N4O3S/c1-27(2)20-15-22(34-12-9-31-7-10-33-11-8-31)23(35-30(3)4)14-19(20)25(32)24-18-6-5-17(16-28)13-21(18)29-26(24)27/h5-6,13-15,29H,7-12H2,1-4H3. The zero-order chi connectivity index (χ0) is 24.7. The van der Waals surface area contributed by atoms with E-state index in [2.05, 4.69) is 29.8 Å². The molecule has 0 radical (unpaired) electrons. The fraction of sp³-hybridized carbons (Fsp3) is 0.407. The van der Waals surface area contributed by atoms with Crippen molar-refractivity contribution in [2.75, 3.05) is 53.6 Å². The Morgan fingerprint density at radius 2 is 2.00 bits per heavy atom. The Morgan fingerprint density at radius 1 is 1.23 bits per heavy atom. The summed E-state index contributed by atoms with van der Waals surface area (Å²) in [7, 11) is 3.97. The Hall–Kier alpha value is -2.83. The lowest BCUT2D eigenvalue weighted by Gasteiger charge is -2.33. The second-order valence-corrected chi connectivity index (χ2v) is 11.1. The Balaban J connectivity index is 1.54. The van der Waals surface area contributed by atoms with E-state index in [0.717, 1.165) is 65.7 Å². The van der Waals surface area contributed by atoms with Crippen molar-refractivity contribution in [2.24, 2.45) is 0 Å². The van der Waals surface area contributed by atoms with E-state index in [1.54, 1.807) is 18.0 Å². The third kappa shape index (κ3) is 4.34. The Morgan fingerprint density at radius 3 is 2.71 bits per heavy atom. The molecule has 1 saturated heterocycles. The van der Waals surface area contributed by atoms with Gasteiger partial charge in [0, 0.05) is 47.2 Å². The molecule has 1 aromatic heterocycles. The molecule has 35 heavy (non-hydrogen) atoms. The summed E-state index contributed by atoms with van der Waals surface area (Å²) in [6, 6.07) is 11.7. The third-order valence-electron chi connectivity index (χ3n) is 6.83.